The number of nitrogens with one attached hydrogen (secondary N) is 3. The highest BCUT2D eigenvalue weighted by Crippen LogP contribution is 2.24. The van der Waals surface area contributed by atoms with Crippen LogP contribution < -0.4 is 16.0 Å². The maximum Gasteiger partial charge on any atom is 0.282 e. The van der Waals surface area contributed by atoms with E-state index < -0.39 is 10.8 Å². The lowest BCUT2D eigenvalue weighted by molar-refractivity contribution is -0.385. The molecule has 0 bridgehead atoms. The summed E-state index contributed by atoms with van der Waals surface area (Å²) in [7, 11) is 0. The molecule has 2 aromatic carbocycles. The van der Waals surface area contributed by atoms with Crippen LogP contribution in [0, 0.1) is 10.1 Å². The lowest BCUT2D eigenvalue weighted by atomic mass is 10.1. The van der Waals surface area contributed by atoms with Crippen molar-refractivity contribution >= 4 is 52.0 Å². The maximum absolute atomic E-state index is 12.4. The van der Waals surface area contributed by atoms with Crippen LogP contribution in [-0.4, -0.2) is 35.7 Å². The van der Waals surface area contributed by atoms with E-state index in [9.17, 15) is 24.5 Å². The van der Waals surface area contributed by atoms with Crippen molar-refractivity contribution in [3.8, 4) is 0 Å². The molecule has 9 nitrogen and oxygen atoms in total. The fourth-order valence-electron chi connectivity index (χ4n) is 2.70. The number of nitrogens with zero attached hydrogens (tertiary/aromatic N) is 1. The van der Waals surface area contributed by atoms with Gasteiger partial charge >= 0.3 is 0 Å². The third-order valence-corrected chi connectivity index (χ3v) is 5.35. The van der Waals surface area contributed by atoms with Gasteiger partial charge in [-0.25, -0.2) is 0 Å². The summed E-state index contributed by atoms with van der Waals surface area (Å²) < 4.78 is 0. The van der Waals surface area contributed by atoms with Crippen LogP contribution in [0.3, 0.4) is 0 Å². The number of nitro benzene ring substituents is 1. The average molecular weight is 473 g/mol. The molecule has 0 aliphatic rings. The average Bonchev–Trinajstić information content (AvgIpc) is 3.31. The van der Waals surface area contributed by atoms with E-state index in [0.29, 0.717) is 16.1 Å². The molecule has 0 radical (unpaired) electrons. The van der Waals surface area contributed by atoms with Crippen LogP contribution in [0.25, 0.3) is 0 Å². The Kier molecular flexibility index (Phi) is 7.53. The SMILES string of the molecule is O=C(NCCNC(=O)c1cccs1)c1ccc(NC(=O)c2cc(Cl)ccc2[N+](=O)[O-])cc1. The number of carbonyl (C=O) groups is 3. The van der Waals surface area contributed by atoms with Gasteiger partial charge in [0.25, 0.3) is 23.4 Å². The molecule has 0 saturated heterocycles. The molecule has 11 heteroatoms. The first-order valence-electron chi connectivity index (χ1n) is 9.30. The molecule has 0 unspecified atom stereocenters. The Morgan fingerprint density at radius 1 is 0.938 bits per heavy atom. The molecule has 3 N–H and O–H groups in total. The van der Waals surface area contributed by atoms with Crippen molar-refractivity contribution in [2.75, 3.05) is 18.4 Å². The predicted octanol–water partition coefficient (Wildman–Crippen LogP) is 3.72. The summed E-state index contributed by atoms with van der Waals surface area (Å²) in [6, 6.07) is 13.2. The van der Waals surface area contributed by atoms with Crippen molar-refractivity contribution in [1.29, 1.82) is 0 Å². The molecule has 0 atom stereocenters. The van der Waals surface area contributed by atoms with Gasteiger partial charge < -0.3 is 16.0 Å². The first kappa shape index (κ1) is 22.9. The molecule has 0 fully saturated rings. The number of hydrogen-bond donors (Lipinski definition) is 3. The molecule has 0 aliphatic heterocycles. The second kappa shape index (κ2) is 10.5. The highest BCUT2D eigenvalue weighted by atomic mass is 35.5. The molecule has 3 amide bonds. The van der Waals surface area contributed by atoms with E-state index in [1.54, 1.807) is 17.5 Å². The monoisotopic (exact) mass is 472 g/mol. The second-order valence-electron chi connectivity index (χ2n) is 6.44. The molecular weight excluding hydrogens is 456 g/mol. The Labute approximate surface area is 191 Å². The highest BCUT2D eigenvalue weighted by molar-refractivity contribution is 7.12. The zero-order chi connectivity index (χ0) is 23.1. The molecule has 0 spiro atoms. The van der Waals surface area contributed by atoms with Crippen LogP contribution in [0.5, 0.6) is 0 Å². The number of thiophene rings is 1. The Balaban J connectivity index is 1.53. The fraction of sp³-hybridized carbons (Fsp3) is 0.0952. The fourth-order valence-corrected chi connectivity index (χ4v) is 3.51. The van der Waals surface area contributed by atoms with E-state index >= 15 is 0 Å². The number of nitro groups is 1. The van der Waals surface area contributed by atoms with Gasteiger partial charge in [0.2, 0.25) is 0 Å². The molecule has 32 heavy (non-hydrogen) atoms. The molecule has 0 aliphatic carbocycles. The van der Waals surface area contributed by atoms with Crippen LogP contribution in [0.4, 0.5) is 11.4 Å². The third-order valence-electron chi connectivity index (χ3n) is 4.25. The van der Waals surface area contributed by atoms with Gasteiger partial charge in [-0.15, -0.1) is 11.3 Å². The number of amides is 3. The van der Waals surface area contributed by atoms with Crippen molar-refractivity contribution < 1.29 is 19.3 Å². The largest absolute Gasteiger partial charge is 0.350 e. The van der Waals surface area contributed by atoms with Crippen molar-refractivity contribution in [3.05, 3.63) is 91.1 Å². The van der Waals surface area contributed by atoms with E-state index in [2.05, 4.69) is 16.0 Å². The first-order valence-corrected chi connectivity index (χ1v) is 10.6. The number of hydrogen-bond acceptors (Lipinski definition) is 6. The van der Waals surface area contributed by atoms with Gasteiger partial charge in [-0.3, -0.25) is 24.5 Å². The first-order chi connectivity index (χ1) is 15.3. The predicted molar refractivity (Wildman–Crippen MR) is 121 cm³/mol. The Bertz CT molecular complexity index is 1150. The summed E-state index contributed by atoms with van der Waals surface area (Å²) in [5, 5.41) is 21.1. The topological polar surface area (TPSA) is 130 Å². The lowest BCUT2D eigenvalue weighted by Gasteiger charge is -2.09. The Hall–Kier alpha value is -3.76. The third kappa shape index (κ3) is 5.90. The van der Waals surface area contributed by atoms with Crippen molar-refractivity contribution in [1.82, 2.24) is 10.6 Å². The Morgan fingerprint density at radius 2 is 1.62 bits per heavy atom. The molecule has 164 valence electrons. The lowest BCUT2D eigenvalue weighted by Crippen LogP contribution is -2.34. The van der Waals surface area contributed by atoms with Crippen LogP contribution in [0.2, 0.25) is 5.02 Å². The van der Waals surface area contributed by atoms with E-state index in [1.165, 1.54) is 47.7 Å². The van der Waals surface area contributed by atoms with E-state index in [4.69, 9.17) is 11.6 Å². The normalized spacial score (nSPS) is 10.3. The highest BCUT2D eigenvalue weighted by Gasteiger charge is 2.20. The summed E-state index contributed by atoms with van der Waals surface area (Å²) in [6.45, 7) is 0.516. The van der Waals surface area contributed by atoms with Crippen LogP contribution in [0.15, 0.2) is 60.0 Å². The number of halogens is 1. The van der Waals surface area contributed by atoms with Crippen molar-refractivity contribution in [3.63, 3.8) is 0 Å². The van der Waals surface area contributed by atoms with Crippen molar-refractivity contribution in [2.24, 2.45) is 0 Å². The van der Waals surface area contributed by atoms with Gasteiger partial charge in [-0.2, -0.15) is 0 Å². The minimum Gasteiger partial charge on any atom is -0.350 e. The molecular formula is C21H17ClN4O5S. The number of carbonyl (C=O) groups excluding carboxylic acids is 3. The Morgan fingerprint density at radius 3 is 2.25 bits per heavy atom. The summed E-state index contributed by atoms with van der Waals surface area (Å²) in [6.07, 6.45) is 0. The van der Waals surface area contributed by atoms with Gasteiger partial charge in [-0.05, 0) is 47.8 Å². The van der Waals surface area contributed by atoms with Gasteiger partial charge in [0, 0.05) is 35.4 Å². The van der Waals surface area contributed by atoms with E-state index in [0.717, 1.165) is 6.07 Å². The van der Waals surface area contributed by atoms with Gasteiger partial charge in [0.1, 0.15) is 5.56 Å². The van der Waals surface area contributed by atoms with E-state index in [-0.39, 0.29) is 41.2 Å². The zero-order valence-corrected chi connectivity index (χ0v) is 18.0. The molecule has 3 rings (SSSR count). The number of anilines is 1. The summed E-state index contributed by atoms with van der Waals surface area (Å²) in [4.78, 5) is 47.6. The summed E-state index contributed by atoms with van der Waals surface area (Å²) in [5.74, 6) is -1.24. The van der Waals surface area contributed by atoms with Gasteiger partial charge in [0.05, 0.1) is 9.80 Å². The summed E-state index contributed by atoms with van der Waals surface area (Å²) in [5.41, 5.74) is 0.160. The van der Waals surface area contributed by atoms with Crippen LogP contribution in [-0.2, 0) is 0 Å². The van der Waals surface area contributed by atoms with E-state index in [1.807, 2.05) is 0 Å². The minimum atomic E-state index is -0.696. The van der Waals surface area contributed by atoms with Gasteiger partial charge in [-0.1, -0.05) is 17.7 Å². The minimum absolute atomic E-state index is 0.172. The second-order valence-corrected chi connectivity index (χ2v) is 7.82. The van der Waals surface area contributed by atoms with Crippen LogP contribution >= 0.6 is 22.9 Å². The summed E-state index contributed by atoms with van der Waals surface area (Å²) >= 11 is 7.18. The quantitative estimate of drug-likeness (QED) is 0.261. The van der Waals surface area contributed by atoms with Crippen LogP contribution in [0.1, 0.15) is 30.4 Å². The molecule has 3 aromatic rings. The number of benzene rings is 2. The zero-order valence-electron chi connectivity index (χ0n) is 16.5. The van der Waals surface area contributed by atoms with Crippen molar-refractivity contribution in [2.45, 2.75) is 0 Å². The smallest absolute Gasteiger partial charge is 0.282 e. The number of rotatable bonds is 8. The molecule has 1 heterocycles. The molecule has 0 saturated carbocycles. The standard InChI is InChI=1S/C21H17ClN4O5S/c22-14-5-8-17(26(30)31)16(12-14)20(28)25-15-6-3-13(4-7-15)19(27)23-9-10-24-21(29)18-2-1-11-32-18/h1-8,11-12H,9-10H2,(H,23,27)(H,24,29)(H,25,28). The van der Waals surface area contributed by atoms with Gasteiger partial charge in [0.15, 0.2) is 0 Å². The molecule has 1 aromatic heterocycles. The maximum atomic E-state index is 12.4.